The summed E-state index contributed by atoms with van der Waals surface area (Å²) < 4.78 is 27.5. The van der Waals surface area contributed by atoms with Gasteiger partial charge in [0.15, 0.2) is 0 Å². The Morgan fingerprint density at radius 2 is 1.59 bits per heavy atom. The van der Waals surface area contributed by atoms with Crippen LogP contribution in [0.25, 0.3) is 0 Å². The van der Waals surface area contributed by atoms with Gasteiger partial charge in [0.05, 0.1) is 10.6 Å². The van der Waals surface area contributed by atoms with Crippen molar-refractivity contribution in [3.8, 4) is 0 Å². The van der Waals surface area contributed by atoms with Gasteiger partial charge in [-0.1, -0.05) is 43.1 Å². The summed E-state index contributed by atoms with van der Waals surface area (Å²) in [6, 6.07) is 12.9. The molecule has 5 nitrogen and oxygen atoms in total. The van der Waals surface area contributed by atoms with Crippen LogP contribution in [0.15, 0.2) is 53.4 Å². The van der Waals surface area contributed by atoms with Crippen molar-refractivity contribution in [2.75, 3.05) is 10.8 Å². The molecule has 1 amide bonds. The van der Waals surface area contributed by atoms with Crippen molar-refractivity contribution in [1.29, 1.82) is 0 Å². The minimum atomic E-state index is -3.91. The number of carbonyl (C=O) groups excluding carboxylic acids is 1. The van der Waals surface area contributed by atoms with E-state index in [0.717, 1.165) is 9.87 Å². The lowest BCUT2D eigenvalue weighted by Crippen LogP contribution is -2.45. The first-order valence-corrected chi connectivity index (χ1v) is 10.6. The Hall–Kier alpha value is -2.05. The minimum absolute atomic E-state index is 0.0633. The zero-order chi connectivity index (χ0) is 20.2. The molecule has 0 aliphatic rings. The second-order valence-corrected chi connectivity index (χ2v) is 9.20. The SMILES string of the molecule is Cc1ccc(S(=O)(=O)N(CC(=O)N[C@@H](C)C(C)C)c2ccc(Cl)cc2)cc1. The summed E-state index contributed by atoms with van der Waals surface area (Å²) in [4.78, 5) is 12.6. The number of amides is 1. The fourth-order valence-corrected chi connectivity index (χ4v) is 3.90. The molecule has 2 aromatic rings. The van der Waals surface area contributed by atoms with Gasteiger partial charge in [-0.15, -0.1) is 0 Å². The molecule has 0 spiro atoms. The summed E-state index contributed by atoms with van der Waals surface area (Å²) in [6.07, 6.45) is 0. The standard InChI is InChI=1S/C20H25ClN2O3S/c1-14(2)16(4)22-20(24)13-23(18-9-7-17(21)8-10-18)27(25,26)19-11-5-15(3)6-12-19/h5-12,14,16H,13H2,1-4H3,(H,22,24)/t16-/m0/s1. The normalized spacial score (nSPS) is 12.7. The van der Waals surface area contributed by atoms with Gasteiger partial charge in [0.1, 0.15) is 6.54 Å². The first-order valence-electron chi connectivity index (χ1n) is 8.75. The highest BCUT2D eigenvalue weighted by atomic mass is 35.5. The van der Waals surface area contributed by atoms with Gasteiger partial charge in [-0.3, -0.25) is 9.10 Å². The molecule has 0 saturated heterocycles. The van der Waals surface area contributed by atoms with E-state index in [1.165, 1.54) is 0 Å². The fourth-order valence-electron chi connectivity index (χ4n) is 2.36. The zero-order valence-corrected chi connectivity index (χ0v) is 17.5. The number of nitrogens with one attached hydrogen (secondary N) is 1. The Labute approximate surface area is 166 Å². The van der Waals surface area contributed by atoms with Gasteiger partial charge >= 0.3 is 0 Å². The van der Waals surface area contributed by atoms with Gasteiger partial charge in [-0.25, -0.2) is 8.42 Å². The second-order valence-electron chi connectivity index (χ2n) is 6.90. The molecule has 0 radical (unpaired) electrons. The topological polar surface area (TPSA) is 66.5 Å². The first-order chi connectivity index (χ1) is 12.6. The zero-order valence-electron chi connectivity index (χ0n) is 15.9. The Bertz CT molecular complexity index is 878. The van der Waals surface area contributed by atoms with Gasteiger partial charge in [0.25, 0.3) is 10.0 Å². The smallest absolute Gasteiger partial charge is 0.264 e. The quantitative estimate of drug-likeness (QED) is 0.752. The summed E-state index contributed by atoms with van der Waals surface area (Å²) in [7, 11) is -3.91. The number of hydrogen-bond donors (Lipinski definition) is 1. The third-order valence-electron chi connectivity index (χ3n) is 4.40. The van der Waals surface area contributed by atoms with Crippen LogP contribution in [0.2, 0.25) is 5.02 Å². The van der Waals surface area contributed by atoms with Crippen molar-refractivity contribution in [2.24, 2.45) is 5.92 Å². The van der Waals surface area contributed by atoms with E-state index in [1.54, 1.807) is 48.5 Å². The lowest BCUT2D eigenvalue weighted by Gasteiger charge is -2.26. The van der Waals surface area contributed by atoms with E-state index >= 15 is 0 Å². The van der Waals surface area contributed by atoms with E-state index in [4.69, 9.17) is 11.6 Å². The van der Waals surface area contributed by atoms with Crippen molar-refractivity contribution in [3.05, 3.63) is 59.1 Å². The number of nitrogens with zero attached hydrogens (tertiary/aromatic N) is 1. The Kier molecular flexibility index (Phi) is 6.89. The number of hydrogen-bond acceptors (Lipinski definition) is 3. The Morgan fingerprint density at radius 3 is 2.11 bits per heavy atom. The summed E-state index contributed by atoms with van der Waals surface area (Å²) >= 11 is 5.93. The molecule has 1 atom stereocenters. The molecule has 0 aliphatic carbocycles. The van der Waals surface area contributed by atoms with Crippen LogP contribution in [0.1, 0.15) is 26.3 Å². The summed E-state index contributed by atoms with van der Waals surface area (Å²) in [5, 5.41) is 3.34. The van der Waals surface area contributed by atoms with Crippen LogP contribution in [0, 0.1) is 12.8 Å². The summed E-state index contributed by atoms with van der Waals surface area (Å²) in [5.41, 5.74) is 1.34. The molecule has 0 unspecified atom stereocenters. The highest BCUT2D eigenvalue weighted by Gasteiger charge is 2.27. The van der Waals surface area contributed by atoms with Gasteiger partial charge in [-0.2, -0.15) is 0 Å². The average molecular weight is 409 g/mol. The number of sulfonamides is 1. The molecule has 0 aromatic heterocycles. The van der Waals surface area contributed by atoms with E-state index < -0.39 is 10.0 Å². The van der Waals surface area contributed by atoms with E-state index in [0.29, 0.717) is 10.7 Å². The van der Waals surface area contributed by atoms with Gasteiger partial charge in [-0.05, 0) is 56.2 Å². The van der Waals surface area contributed by atoms with Crippen LogP contribution in [0.4, 0.5) is 5.69 Å². The first kappa shape index (κ1) is 21.3. The Morgan fingerprint density at radius 1 is 1.04 bits per heavy atom. The number of anilines is 1. The maximum Gasteiger partial charge on any atom is 0.264 e. The van der Waals surface area contributed by atoms with Crippen molar-refractivity contribution in [1.82, 2.24) is 5.32 Å². The lowest BCUT2D eigenvalue weighted by atomic mass is 10.1. The molecular weight excluding hydrogens is 384 g/mol. The van der Waals surface area contributed by atoms with Crippen LogP contribution in [-0.4, -0.2) is 26.9 Å². The van der Waals surface area contributed by atoms with E-state index in [2.05, 4.69) is 5.32 Å². The highest BCUT2D eigenvalue weighted by Crippen LogP contribution is 2.25. The molecule has 7 heteroatoms. The second kappa shape index (κ2) is 8.76. The minimum Gasteiger partial charge on any atom is -0.352 e. The number of aryl methyl sites for hydroxylation is 1. The maximum atomic E-state index is 13.2. The molecular formula is C20H25ClN2O3S. The molecule has 146 valence electrons. The third kappa shape index (κ3) is 5.47. The number of carbonyl (C=O) groups is 1. The maximum absolute atomic E-state index is 13.2. The van der Waals surface area contributed by atoms with Gasteiger partial charge < -0.3 is 5.32 Å². The predicted octanol–water partition coefficient (Wildman–Crippen LogP) is 4.00. The van der Waals surface area contributed by atoms with E-state index in [9.17, 15) is 13.2 Å². The van der Waals surface area contributed by atoms with Crippen LogP contribution in [-0.2, 0) is 14.8 Å². The van der Waals surface area contributed by atoms with Crippen LogP contribution in [0.5, 0.6) is 0 Å². The molecule has 0 heterocycles. The van der Waals surface area contributed by atoms with E-state index in [-0.39, 0.29) is 29.3 Å². The Balaban J connectivity index is 2.39. The number of halogens is 1. The molecule has 1 N–H and O–H groups in total. The van der Waals surface area contributed by atoms with Gasteiger partial charge in [0.2, 0.25) is 5.91 Å². The molecule has 0 saturated carbocycles. The molecule has 2 aromatic carbocycles. The van der Waals surface area contributed by atoms with E-state index in [1.807, 2.05) is 27.7 Å². The molecule has 0 fully saturated rings. The van der Waals surface area contributed by atoms with Crippen LogP contribution >= 0.6 is 11.6 Å². The number of rotatable bonds is 7. The lowest BCUT2D eigenvalue weighted by molar-refractivity contribution is -0.120. The summed E-state index contributed by atoms with van der Waals surface area (Å²) in [6.45, 7) is 7.45. The van der Waals surface area contributed by atoms with Crippen LogP contribution < -0.4 is 9.62 Å². The average Bonchev–Trinajstić information content (AvgIpc) is 2.60. The van der Waals surface area contributed by atoms with Crippen molar-refractivity contribution in [3.63, 3.8) is 0 Å². The third-order valence-corrected chi connectivity index (χ3v) is 6.44. The largest absolute Gasteiger partial charge is 0.352 e. The van der Waals surface area contributed by atoms with Gasteiger partial charge in [0, 0.05) is 11.1 Å². The predicted molar refractivity (Wildman–Crippen MR) is 110 cm³/mol. The monoisotopic (exact) mass is 408 g/mol. The number of benzene rings is 2. The molecule has 27 heavy (non-hydrogen) atoms. The molecule has 0 bridgehead atoms. The molecule has 0 aliphatic heterocycles. The van der Waals surface area contributed by atoms with Crippen molar-refractivity contribution in [2.45, 2.75) is 38.6 Å². The molecule has 2 rings (SSSR count). The van der Waals surface area contributed by atoms with Crippen molar-refractivity contribution < 1.29 is 13.2 Å². The van der Waals surface area contributed by atoms with Crippen LogP contribution in [0.3, 0.4) is 0 Å². The highest BCUT2D eigenvalue weighted by molar-refractivity contribution is 7.92. The fraction of sp³-hybridized carbons (Fsp3) is 0.350. The summed E-state index contributed by atoms with van der Waals surface area (Å²) in [5.74, 6) is -0.117. The van der Waals surface area contributed by atoms with Crippen molar-refractivity contribution >= 4 is 33.2 Å².